The fraction of sp³-hybridized carbons (Fsp3) is 0.130. The van der Waals surface area contributed by atoms with Gasteiger partial charge in [0.05, 0.1) is 12.7 Å². The second-order valence-corrected chi connectivity index (χ2v) is 6.38. The Morgan fingerprint density at radius 2 is 1.69 bits per heavy atom. The topological polar surface area (TPSA) is 90.7 Å². The van der Waals surface area contributed by atoms with E-state index in [0.717, 1.165) is 16.8 Å². The van der Waals surface area contributed by atoms with Gasteiger partial charge >= 0.3 is 0 Å². The van der Waals surface area contributed by atoms with Crippen LogP contribution in [0.1, 0.15) is 21.5 Å². The molecule has 0 bridgehead atoms. The maximum Gasteiger partial charge on any atom is 0.262 e. The van der Waals surface area contributed by atoms with E-state index in [4.69, 9.17) is 15.2 Å². The van der Waals surface area contributed by atoms with Crippen molar-refractivity contribution in [3.8, 4) is 11.5 Å². The van der Waals surface area contributed by atoms with Crippen molar-refractivity contribution < 1.29 is 19.1 Å². The van der Waals surface area contributed by atoms with Crippen LogP contribution in [0.15, 0.2) is 72.8 Å². The van der Waals surface area contributed by atoms with Crippen LogP contribution in [0.4, 0.5) is 5.69 Å². The first-order valence-electron chi connectivity index (χ1n) is 9.09. The summed E-state index contributed by atoms with van der Waals surface area (Å²) in [6, 6.07) is 22.3. The fourth-order valence-electron chi connectivity index (χ4n) is 2.90. The number of carbonyl (C=O) groups is 2. The average Bonchev–Trinajstić information content (AvgIpc) is 2.74. The number of nitrogens with two attached hydrogens (primary N) is 1. The summed E-state index contributed by atoms with van der Waals surface area (Å²) in [6.07, 6.45) is 0.697. The highest BCUT2D eigenvalue weighted by molar-refractivity contribution is 5.96. The molecule has 6 nitrogen and oxygen atoms in total. The van der Waals surface area contributed by atoms with Gasteiger partial charge in [-0.1, -0.05) is 48.5 Å². The van der Waals surface area contributed by atoms with Crippen LogP contribution in [0.5, 0.6) is 11.5 Å². The van der Waals surface area contributed by atoms with Crippen LogP contribution in [0.2, 0.25) is 0 Å². The zero-order chi connectivity index (χ0) is 20.6. The average molecular weight is 390 g/mol. The quantitative estimate of drug-likeness (QED) is 0.617. The molecule has 6 heteroatoms. The van der Waals surface area contributed by atoms with Gasteiger partial charge in [-0.05, 0) is 41.8 Å². The van der Waals surface area contributed by atoms with Crippen LogP contribution in [0.25, 0.3) is 0 Å². The van der Waals surface area contributed by atoms with E-state index in [2.05, 4.69) is 5.32 Å². The van der Waals surface area contributed by atoms with Gasteiger partial charge in [-0.25, -0.2) is 0 Å². The Hall–Kier alpha value is -3.80. The third-order valence-corrected chi connectivity index (χ3v) is 4.34. The smallest absolute Gasteiger partial charge is 0.262 e. The third-order valence-electron chi connectivity index (χ3n) is 4.34. The molecule has 0 aliphatic heterocycles. The summed E-state index contributed by atoms with van der Waals surface area (Å²) >= 11 is 0. The number of hydrogen-bond acceptors (Lipinski definition) is 4. The molecule has 3 aromatic carbocycles. The lowest BCUT2D eigenvalue weighted by Crippen LogP contribution is -2.22. The highest BCUT2D eigenvalue weighted by Crippen LogP contribution is 2.24. The van der Waals surface area contributed by atoms with E-state index in [1.165, 1.54) is 13.2 Å². The Balaban J connectivity index is 1.67. The normalized spacial score (nSPS) is 10.2. The summed E-state index contributed by atoms with van der Waals surface area (Å²) < 4.78 is 10.6. The maximum atomic E-state index is 12.4. The van der Waals surface area contributed by atoms with Crippen LogP contribution in [-0.4, -0.2) is 25.5 Å². The molecule has 0 unspecified atom stereocenters. The second kappa shape index (κ2) is 9.41. The van der Waals surface area contributed by atoms with Gasteiger partial charge in [-0.3, -0.25) is 9.59 Å². The molecule has 0 saturated heterocycles. The first kappa shape index (κ1) is 19.9. The van der Waals surface area contributed by atoms with Gasteiger partial charge in [0, 0.05) is 5.69 Å². The summed E-state index contributed by atoms with van der Waals surface area (Å²) in [6.45, 7) is -0.258. The van der Waals surface area contributed by atoms with Gasteiger partial charge in [-0.15, -0.1) is 0 Å². The largest absolute Gasteiger partial charge is 0.497 e. The third kappa shape index (κ3) is 5.35. The summed E-state index contributed by atoms with van der Waals surface area (Å²) in [5, 5.41) is 2.87. The van der Waals surface area contributed by atoms with Gasteiger partial charge in [0.1, 0.15) is 11.5 Å². The molecule has 0 aliphatic carbocycles. The van der Waals surface area contributed by atoms with Crippen LogP contribution < -0.4 is 20.5 Å². The summed E-state index contributed by atoms with van der Waals surface area (Å²) in [5.74, 6) is -0.291. The maximum absolute atomic E-state index is 12.4. The molecule has 2 amide bonds. The van der Waals surface area contributed by atoms with Crippen molar-refractivity contribution in [3.63, 3.8) is 0 Å². The zero-order valence-electron chi connectivity index (χ0n) is 16.1. The first-order valence-corrected chi connectivity index (χ1v) is 9.09. The van der Waals surface area contributed by atoms with Gasteiger partial charge in [0.25, 0.3) is 11.8 Å². The Kier molecular flexibility index (Phi) is 6.47. The number of ether oxygens (including phenoxy) is 2. The molecule has 148 valence electrons. The minimum atomic E-state index is -0.660. The van der Waals surface area contributed by atoms with Crippen molar-refractivity contribution in [1.82, 2.24) is 0 Å². The standard InChI is InChI=1S/C23H22N2O4/c1-28-18-11-12-21(19(14-18)23(24)27)29-15-22(26)25-20-10-6-5-9-17(20)13-16-7-3-2-4-8-16/h2-12,14H,13,15H2,1H3,(H2,24,27)(H,25,26). The molecule has 0 radical (unpaired) electrons. The van der Waals surface area contributed by atoms with E-state index < -0.39 is 5.91 Å². The number of nitrogens with one attached hydrogen (secondary N) is 1. The zero-order valence-corrected chi connectivity index (χ0v) is 16.1. The molecule has 0 aliphatic rings. The number of anilines is 1. The molecule has 0 spiro atoms. The highest BCUT2D eigenvalue weighted by Gasteiger charge is 2.13. The summed E-state index contributed by atoms with van der Waals surface area (Å²) in [4.78, 5) is 24.0. The summed E-state index contributed by atoms with van der Waals surface area (Å²) in [5.41, 5.74) is 8.40. The Labute approximate surface area is 169 Å². The molecule has 0 saturated carbocycles. The lowest BCUT2D eigenvalue weighted by atomic mass is 10.0. The molecule has 0 aromatic heterocycles. The van der Waals surface area contributed by atoms with Gasteiger partial charge in [0.2, 0.25) is 0 Å². The predicted molar refractivity (Wildman–Crippen MR) is 111 cm³/mol. The number of amides is 2. The minimum Gasteiger partial charge on any atom is -0.497 e. The van der Waals surface area contributed by atoms with E-state index in [0.29, 0.717) is 12.2 Å². The second-order valence-electron chi connectivity index (χ2n) is 6.38. The number of benzene rings is 3. The Morgan fingerprint density at radius 1 is 0.966 bits per heavy atom. The minimum absolute atomic E-state index is 0.154. The molecule has 29 heavy (non-hydrogen) atoms. The Morgan fingerprint density at radius 3 is 2.41 bits per heavy atom. The number of methoxy groups -OCH3 is 1. The molecule has 0 atom stereocenters. The fourth-order valence-corrected chi connectivity index (χ4v) is 2.90. The van der Waals surface area contributed by atoms with Crippen LogP contribution in [0, 0.1) is 0 Å². The molecule has 3 rings (SSSR count). The molecule has 0 fully saturated rings. The van der Waals surface area contributed by atoms with Crippen molar-refractivity contribution in [3.05, 3.63) is 89.5 Å². The van der Waals surface area contributed by atoms with Crippen LogP contribution in [-0.2, 0) is 11.2 Å². The van der Waals surface area contributed by atoms with Crippen molar-refractivity contribution >= 4 is 17.5 Å². The van der Waals surface area contributed by atoms with E-state index in [1.807, 2.05) is 54.6 Å². The monoisotopic (exact) mass is 390 g/mol. The van der Waals surface area contributed by atoms with Gasteiger partial charge in [0.15, 0.2) is 6.61 Å². The van der Waals surface area contributed by atoms with E-state index in [9.17, 15) is 9.59 Å². The molecule has 0 heterocycles. The number of para-hydroxylation sites is 1. The summed E-state index contributed by atoms with van der Waals surface area (Å²) in [7, 11) is 1.49. The number of carbonyl (C=O) groups excluding carboxylic acids is 2. The molecule has 3 aromatic rings. The number of primary amides is 1. The van der Waals surface area contributed by atoms with Crippen molar-refractivity contribution in [1.29, 1.82) is 0 Å². The number of rotatable bonds is 8. The van der Waals surface area contributed by atoms with E-state index in [-0.39, 0.29) is 23.8 Å². The molecular formula is C23H22N2O4. The first-order chi connectivity index (χ1) is 14.1. The Bertz CT molecular complexity index is 1000. The highest BCUT2D eigenvalue weighted by atomic mass is 16.5. The van der Waals surface area contributed by atoms with Crippen molar-refractivity contribution in [2.45, 2.75) is 6.42 Å². The van der Waals surface area contributed by atoms with Crippen LogP contribution in [0.3, 0.4) is 0 Å². The van der Waals surface area contributed by atoms with Crippen molar-refractivity contribution in [2.75, 3.05) is 19.0 Å². The van der Waals surface area contributed by atoms with Gasteiger partial charge < -0.3 is 20.5 Å². The van der Waals surface area contributed by atoms with E-state index in [1.54, 1.807) is 12.1 Å². The SMILES string of the molecule is COc1ccc(OCC(=O)Nc2ccccc2Cc2ccccc2)c(C(N)=O)c1. The van der Waals surface area contributed by atoms with E-state index >= 15 is 0 Å². The van der Waals surface area contributed by atoms with Crippen molar-refractivity contribution in [2.24, 2.45) is 5.73 Å². The molecule has 3 N–H and O–H groups in total. The van der Waals surface area contributed by atoms with Gasteiger partial charge in [-0.2, -0.15) is 0 Å². The van der Waals surface area contributed by atoms with Crippen LogP contribution >= 0.6 is 0 Å². The lowest BCUT2D eigenvalue weighted by Gasteiger charge is -2.13. The predicted octanol–water partition coefficient (Wildman–Crippen LogP) is 3.40. The number of hydrogen-bond donors (Lipinski definition) is 2. The lowest BCUT2D eigenvalue weighted by molar-refractivity contribution is -0.118. The molecular weight excluding hydrogens is 368 g/mol.